The van der Waals surface area contributed by atoms with E-state index in [-0.39, 0.29) is 0 Å². The van der Waals surface area contributed by atoms with Crippen molar-refractivity contribution >= 4 is 39.1 Å². The molecule has 0 atom stereocenters. The van der Waals surface area contributed by atoms with E-state index in [9.17, 15) is 5.26 Å². The van der Waals surface area contributed by atoms with Crippen molar-refractivity contribution in [2.24, 2.45) is 4.99 Å². The molecule has 23 heavy (non-hydrogen) atoms. The molecule has 0 saturated carbocycles. The van der Waals surface area contributed by atoms with Crippen molar-refractivity contribution in [2.45, 2.75) is 11.5 Å². The lowest BCUT2D eigenvalue weighted by atomic mass is 10.2. The minimum absolute atomic E-state index is 0.762. The number of hydrogen-bond donors (Lipinski definition) is 0. The van der Waals surface area contributed by atoms with E-state index in [2.05, 4.69) is 24.3 Å². The van der Waals surface area contributed by atoms with Crippen LogP contribution in [0.2, 0.25) is 0 Å². The Morgan fingerprint density at radius 1 is 1.22 bits per heavy atom. The summed E-state index contributed by atoms with van der Waals surface area (Å²) in [5.41, 5.74) is 5.14. The van der Waals surface area contributed by atoms with Gasteiger partial charge in [-0.05, 0) is 29.3 Å². The molecule has 0 amide bonds. The molecule has 4 rings (SSSR count). The highest BCUT2D eigenvalue weighted by molar-refractivity contribution is 8.38. The Morgan fingerprint density at radius 2 is 2.09 bits per heavy atom. The molecule has 0 fully saturated rings. The number of thioether (sulfide) groups is 2. The Kier molecular flexibility index (Phi) is 3.86. The normalized spacial score (nSPS) is 13.4. The van der Waals surface area contributed by atoms with Crippen LogP contribution < -0.4 is 0 Å². The summed E-state index contributed by atoms with van der Waals surface area (Å²) in [6.07, 6.45) is 4.02. The average Bonchev–Trinajstić information content (AvgIpc) is 2.97. The fourth-order valence-electron chi connectivity index (χ4n) is 2.64. The van der Waals surface area contributed by atoms with Crippen LogP contribution in [-0.4, -0.2) is 8.78 Å². The molecule has 2 aromatic heterocycles. The SMILES string of the molecule is N#Cc1c(CSC2=Nc3ccccc3CS2)cn2ccccc12. The molecular weight excluding hydrogens is 322 g/mol. The molecule has 1 aromatic carbocycles. The molecule has 3 heterocycles. The van der Waals surface area contributed by atoms with Gasteiger partial charge in [0.1, 0.15) is 10.4 Å². The molecule has 0 spiro atoms. The van der Waals surface area contributed by atoms with E-state index in [1.165, 1.54) is 5.56 Å². The second-order valence-corrected chi connectivity index (χ2v) is 7.40. The first kappa shape index (κ1) is 14.4. The maximum Gasteiger partial charge on any atom is 0.131 e. The smallest absolute Gasteiger partial charge is 0.131 e. The van der Waals surface area contributed by atoms with Crippen LogP contribution >= 0.6 is 23.5 Å². The number of nitrogens with zero attached hydrogens (tertiary/aromatic N) is 3. The summed E-state index contributed by atoms with van der Waals surface area (Å²) in [6, 6.07) is 16.5. The Labute approximate surface area is 143 Å². The monoisotopic (exact) mass is 335 g/mol. The summed E-state index contributed by atoms with van der Waals surface area (Å²) in [7, 11) is 0. The third-order valence-electron chi connectivity index (χ3n) is 3.78. The molecule has 0 saturated heterocycles. The first-order valence-corrected chi connectivity index (χ1v) is 9.23. The summed E-state index contributed by atoms with van der Waals surface area (Å²) in [5.74, 6) is 1.73. The van der Waals surface area contributed by atoms with E-state index < -0.39 is 0 Å². The van der Waals surface area contributed by atoms with Gasteiger partial charge in [-0.2, -0.15) is 5.26 Å². The lowest BCUT2D eigenvalue weighted by Gasteiger charge is -2.13. The summed E-state index contributed by atoms with van der Waals surface area (Å²) in [4.78, 5) is 4.72. The fourth-order valence-corrected chi connectivity index (χ4v) is 4.68. The maximum absolute atomic E-state index is 9.46. The molecule has 1 aliphatic rings. The largest absolute Gasteiger partial charge is 0.322 e. The molecule has 0 radical (unpaired) electrons. The van der Waals surface area contributed by atoms with Crippen molar-refractivity contribution in [1.29, 1.82) is 5.26 Å². The molecule has 1 aliphatic heterocycles. The van der Waals surface area contributed by atoms with Gasteiger partial charge < -0.3 is 4.40 Å². The maximum atomic E-state index is 9.46. The van der Waals surface area contributed by atoms with Crippen LogP contribution in [0.15, 0.2) is 59.9 Å². The predicted octanol–water partition coefficient (Wildman–Crippen LogP) is 4.98. The van der Waals surface area contributed by atoms with Crippen LogP contribution in [0.4, 0.5) is 5.69 Å². The Hall–Kier alpha value is -2.16. The molecule has 0 unspecified atom stereocenters. The molecule has 0 bridgehead atoms. The molecule has 3 nitrogen and oxygen atoms in total. The molecular formula is C18H13N3S2. The number of rotatable bonds is 2. The van der Waals surface area contributed by atoms with Gasteiger partial charge in [-0.15, -0.1) is 0 Å². The highest BCUT2D eigenvalue weighted by atomic mass is 32.2. The number of nitriles is 1. The summed E-state index contributed by atoms with van der Waals surface area (Å²) in [6.45, 7) is 0. The van der Waals surface area contributed by atoms with Gasteiger partial charge in [0.25, 0.3) is 0 Å². The minimum Gasteiger partial charge on any atom is -0.322 e. The van der Waals surface area contributed by atoms with E-state index >= 15 is 0 Å². The van der Waals surface area contributed by atoms with Crippen molar-refractivity contribution in [2.75, 3.05) is 0 Å². The molecule has 112 valence electrons. The van der Waals surface area contributed by atoms with Gasteiger partial charge in [0.05, 0.1) is 16.8 Å². The number of hydrogen-bond acceptors (Lipinski definition) is 4. The lowest BCUT2D eigenvalue weighted by Crippen LogP contribution is -1.96. The van der Waals surface area contributed by atoms with Crippen LogP contribution in [0.1, 0.15) is 16.7 Å². The van der Waals surface area contributed by atoms with Crippen molar-refractivity contribution in [3.8, 4) is 6.07 Å². The quantitative estimate of drug-likeness (QED) is 0.663. The van der Waals surface area contributed by atoms with Crippen LogP contribution in [0.5, 0.6) is 0 Å². The number of aromatic nitrogens is 1. The second kappa shape index (κ2) is 6.15. The van der Waals surface area contributed by atoms with Gasteiger partial charge in [-0.3, -0.25) is 0 Å². The number of aliphatic imine (C=N–C) groups is 1. The zero-order valence-electron chi connectivity index (χ0n) is 12.3. The van der Waals surface area contributed by atoms with Crippen LogP contribution in [0.3, 0.4) is 0 Å². The van der Waals surface area contributed by atoms with Crippen molar-refractivity contribution < 1.29 is 0 Å². The molecule has 0 aliphatic carbocycles. The van der Waals surface area contributed by atoms with Gasteiger partial charge in [0, 0.05) is 23.9 Å². The van der Waals surface area contributed by atoms with Crippen molar-refractivity contribution in [3.63, 3.8) is 0 Å². The minimum atomic E-state index is 0.762. The van der Waals surface area contributed by atoms with E-state index in [1.807, 2.05) is 41.1 Å². The van der Waals surface area contributed by atoms with Gasteiger partial charge in [0.2, 0.25) is 0 Å². The van der Waals surface area contributed by atoms with Crippen LogP contribution in [-0.2, 0) is 11.5 Å². The van der Waals surface area contributed by atoms with Crippen LogP contribution in [0.25, 0.3) is 5.52 Å². The van der Waals surface area contributed by atoms with E-state index in [1.54, 1.807) is 23.5 Å². The highest BCUT2D eigenvalue weighted by Gasteiger charge is 2.15. The standard InChI is InChI=1S/C18H13N3S2/c19-9-15-14(10-21-8-4-3-7-17(15)21)12-23-18-20-16-6-2-1-5-13(16)11-22-18/h1-8,10H,11-12H2. The highest BCUT2D eigenvalue weighted by Crippen LogP contribution is 2.36. The van der Waals surface area contributed by atoms with E-state index in [0.29, 0.717) is 0 Å². The third-order valence-corrected chi connectivity index (χ3v) is 6.07. The predicted molar refractivity (Wildman–Crippen MR) is 98.2 cm³/mol. The van der Waals surface area contributed by atoms with Crippen LogP contribution in [0, 0.1) is 11.3 Å². The molecule has 3 aromatic rings. The van der Waals surface area contributed by atoms with Gasteiger partial charge in [-0.1, -0.05) is 47.8 Å². The van der Waals surface area contributed by atoms with Gasteiger partial charge in [-0.25, -0.2) is 4.99 Å². The Bertz CT molecular complexity index is 950. The second-order valence-electron chi connectivity index (χ2n) is 5.22. The number of benzene rings is 1. The first-order valence-electron chi connectivity index (χ1n) is 7.26. The van der Waals surface area contributed by atoms with E-state index in [4.69, 9.17) is 4.99 Å². The van der Waals surface area contributed by atoms with E-state index in [0.717, 1.165) is 38.2 Å². The Balaban J connectivity index is 1.59. The topological polar surface area (TPSA) is 40.6 Å². The summed E-state index contributed by atoms with van der Waals surface area (Å²) >= 11 is 3.48. The van der Waals surface area contributed by atoms with Crippen molar-refractivity contribution in [1.82, 2.24) is 4.40 Å². The summed E-state index contributed by atoms with van der Waals surface area (Å²) in [5, 5.41) is 9.46. The number of fused-ring (bicyclic) bond motifs is 2. The summed E-state index contributed by atoms with van der Waals surface area (Å²) < 4.78 is 3.09. The Morgan fingerprint density at radius 3 is 3.00 bits per heavy atom. The molecule has 0 N–H and O–H groups in total. The number of pyridine rings is 1. The number of para-hydroxylation sites is 1. The average molecular weight is 335 g/mol. The van der Waals surface area contributed by atoms with Crippen molar-refractivity contribution in [3.05, 3.63) is 71.5 Å². The lowest BCUT2D eigenvalue weighted by molar-refractivity contribution is 1.18. The zero-order valence-corrected chi connectivity index (χ0v) is 13.9. The molecule has 5 heteroatoms. The van der Waals surface area contributed by atoms with Gasteiger partial charge >= 0.3 is 0 Å². The fraction of sp³-hybridized carbons (Fsp3) is 0.111. The first-order chi connectivity index (χ1) is 11.3. The third kappa shape index (κ3) is 2.76. The van der Waals surface area contributed by atoms with Gasteiger partial charge in [0.15, 0.2) is 0 Å². The zero-order chi connectivity index (χ0) is 15.6.